The molecule has 3 amide bonds. The number of carbonyl (C=O) groups is 2. The second-order valence-corrected chi connectivity index (χ2v) is 10.1. The van der Waals surface area contributed by atoms with Crippen molar-refractivity contribution in [1.29, 1.82) is 0 Å². The molecule has 1 N–H and O–H groups in total. The number of unbranched alkanes of at least 4 members (excludes halogenated alkanes) is 2. The van der Waals surface area contributed by atoms with Gasteiger partial charge in [0.15, 0.2) is 21.4 Å². The van der Waals surface area contributed by atoms with Crippen molar-refractivity contribution in [1.82, 2.24) is 10.2 Å². The lowest BCUT2D eigenvalue weighted by Crippen LogP contribution is -2.29. The van der Waals surface area contributed by atoms with Gasteiger partial charge in [-0.2, -0.15) is 0 Å². The molecule has 160 valence electrons. The van der Waals surface area contributed by atoms with Crippen molar-refractivity contribution >= 4 is 21.8 Å². The third kappa shape index (κ3) is 6.99. The molecule has 1 saturated heterocycles. The number of rotatable bonds is 12. The van der Waals surface area contributed by atoms with Gasteiger partial charge in [-0.05, 0) is 55.7 Å². The number of hydrogen-bond acceptors (Lipinski definition) is 5. The molecule has 2 fully saturated rings. The molecule has 2 aliphatic rings. The van der Waals surface area contributed by atoms with E-state index in [2.05, 4.69) is 5.32 Å². The average Bonchev–Trinajstić information content (AvgIpc) is 3.44. The highest BCUT2D eigenvalue weighted by atomic mass is 32.2. The first kappa shape index (κ1) is 21.5. The normalized spacial score (nSPS) is 16.9. The number of halogens is 1. The van der Waals surface area contributed by atoms with Crippen molar-refractivity contribution in [3.63, 3.8) is 0 Å². The molecule has 7 nitrogen and oxygen atoms in total. The molecule has 1 saturated carbocycles. The van der Waals surface area contributed by atoms with Crippen molar-refractivity contribution in [3.8, 4) is 5.75 Å². The highest BCUT2D eigenvalue weighted by Gasteiger charge is 2.25. The molecule has 0 radical (unpaired) electrons. The smallest absolute Gasteiger partial charge is 0.324 e. The van der Waals surface area contributed by atoms with E-state index in [1.54, 1.807) is 12.1 Å². The van der Waals surface area contributed by atoms with E-state index in [1.165, 1.54) is 11.0 Å². The molecule has 1 aromatic rings. The summed E-state index contributed by atoms with van der Waals surface area (Å²) in [5.41, 5.74) is 0.741. The molecular weight excluding hydrogens is 399 g/mol. The van der Waals surface area contributed by atoms with Crippen molar-refractivity contribution < 1.29 is 27.1 Å². The van der Waals surface area contributed by atoms with Crippen molar-refractivity contribution in [3.05, 3.63) is 29.6 Å². The number of nitrogens with zero attached hydrogens (tertiary/aromatic N) is 1. The first-order valence-corrected chi connectivity index (χ1v) is 11.8. The summed E-state index contributed by atoms with van der Waals surface area (Å²) in [5, 5.41) is 2.21. The maximum absolute atomic E-state index is 13.8. The Hall–Kier alpha value is -2.16. The Morgan fingerprint density at radius 2 is 1.93 bits per heavy atom. The Labute approximate surface area is 170 Å². The first-order chi connectivity index (χ1) is 13.8. The van der Waals surface area contributed by atoms with Gasteiger partial charge >= 0.3 is 6.03 Å². The average molecular weight is 427 g/mol. The van der Waals surface area contributed by atoms with Gasteiger partial charge in [-0.25, -0.2) is 17.6 Å². The molecule has 9 heteroatoms. The largest absolute Gasteiger partial charge is 0.490 e. The van der Waals surface area contributed by atoms with Crippen LogP contribution in [-0.4, -0.2) is 56.5 Å². The fourth-order valence-corrected chi connectivity index (χ4v) is 4.54. The number of aryl methyl sites for hydroxylation is 1. The lowest BCUT2D eigenvalue weighted by Gasteiger charge is -2.12. The fraction of sp³-hybridized carbons (Fsp3) is 0.600. The number of ether oxygens (including phenoxy) is 1. The molecule has 1 aliphatic heterocycles. The van der Waals surface area contributed by atoms with Crippen LogP contribution < -0.4 is 10.1 Å². The van der Waals surface area contributed by atoms with Crippen molar-refractivity contribution in [2.45, 2.75) is 38.5 Å². The van der Waals surface area contributed by atoms with Gasteiger partial charge in [0, 0.05) is 6.54 Å². The second-order valence-electron chi connectivity index (χ2n) is 7.76. The van der Waals surface area contributed by atoms with E-state index in [0.717, 1.165) is 18.4 Å². The fourth-order valence-electron chi connectivity index (χ4n) is 3.15. The number of sulfone groups is 1. The summed E-state index contributed by atoms with van der Waals surface area (Å²) in [6.07, 6.45) is 4.36. The maximum atomic E-state index is 13.8. The quantitative estimate of drug-likeness (QED) is 0.409. The lowest BCUT2D eigenvalue weighted by atomic mass is 10.1. The van der Waals surface area contributed by atoms with Gasteiger partial charge < -0.3 is 9.64 Å². The van der Waals surface area contributed by atoms with Crippen LogP contribution in [0.1, 0.15) is 37.7 Å². The van der Waals surface area contributed by atoms with Crippen LogP contribution in [0, 0.1) is 11.7 Å². The number of amides is 3. The van der Waals surface area contributed by atoms with Gasteiger partial charge in [0.25, 0.3) is 0 Å². The third-order valence-corrected chi connectivity index (χ3v) is 6.86. The van der Waals surface area contributed by atoms with Gasteiger partial charge in [0.1, 0.15) is 6.54 Å². The Morgan fingerprint density at radius 1 is 1.14 bits per heavy atom. The molecule has 0 spiro atoms. The molecule has 1 aromatic carbocycles. The zero-order valence-corrected chi connectivity index (χ0v) is 17.2. The summed E-state index contributed by atoms with van der Waals surface area (Å²) in [6, 6.07) is 4.12. The summed E-state index contributed by atoms with van der Waals surface area (Å²) >= 11 is 0. The summed E-state index contributed by atoms with van der Waals surface area (Å²) in [7, 11) is -3.22. The van der Waals surface area contributed by atoms with Gasteiger partial charge in [-0.15, -0.1) is 0 Å². The number of hydrogen-bond donors (Lipinski definition) is 1. The number of urea groups is 1. The lowest BCUT2D eigenvalue weighted by molar-refractivity contribution is -0.118. The topological polar surface area (TPSA) is 92.8 Å². The minimum atomic E-state index is -3.22. The van der Waals surface area contributed by atoms with Crippen LogP contribution in [0.4, 0.5) is 9.18 Å². The monoisotopic (exact) mass is 426 g/mol. The van der Waals surface area contributed by atoms with Gasteiger partial charge in [-0.1, -0.05) is 12.5 Å². The summed E-state index contributed by atoms with van der Waals surface area (Å²) < 4.78 is 43.9. The van der Waals surface area contributed by atoms with E-state index in [9.17, 15) is 22.4 Å². The SMILES string of the molecule is O=C1CN(CCCCCS(=O)(=O)CCc2ccc(F)c(OCC3CC3)c2)C(=O)N1. The van der Waals surface area contributed by atoms with Crippen molar-refractivity contribution in [2.24, 2.45) is 5.92 Å². The number of carbonyl (C=O) groups excluding carboxylic acids is 2. The van der Waals surface area contributed by atoms with Crippen LogP contribution >= 0.6 is 0 Å². The molecular formula is C20H27FN2O5S. The Balaban J connectivity index is 1.36. The summed E-state index contributed by atoms with van der Waals surface area (Å²) in [6.45, 7) is 1.02. The van der Waals surface area contributed by atoms with Gasteiger partial charge in [-0.3, -0.25) is 10.1 Å². The predicted molar refractivity (Wildman–Crippen MR) is 106 cm³/mol. The summed E-state index contributed by atoms with van der Waals surface area (Å²) in [4.78, 5) is 23.9. The standard InChI is InChI=1S/C20H27FN2O5S/c21-17-7-6-15(12-18(17)28-14-16-4-5-16)8-11-29(26,27)10-3-1-2-9-23-13-19(24)22-20(23)25/h6-7,12,16H,1-5,8-11,13-14H2,(H,22,24,25). The van der Waals surface area contributed by atoms with E-state index < -0.39 is 15.7 Å². The van der Waals surface area contributed by atoms with E-state index >= 15 is 0 Å². The highest BCUT2D eigenvalue weighted by molar-refractivity contribution is 7.91. The molecule has 1 aliphatic carbocycles. The van der Waals surface area contributed by atoms with Crippen LogP contribution in [0.5, 0.6) is 5.75 Å². The molecule has 0 unspecified atom stereocenters. The van der Waals surface area contributed by atoms with Gasteiger partial charge in [0.05, 0.1) is 18.1 Å². The Morgan fingerprint density at radius 3 is 2.62 bits per heavy atom. The molecule has 0 aromatic heterocycles. The zero-order chi connectivity index (χ0) is 20.9. The van der Waals surface area contributed by atoms with E-state index in [4.69, 9.17) is 4.74 Å². The third-order valence-electron chi connectivity index (χ3n) is 5.12. The van der Waals surface area contributed by atoms with Crippen LogP contribution in [0.2, 0.25) is 0 Å². The highest BCUT2D eigenvalue weighted by Crippen LogP contribution is 2.30. The molecule has 29 heavy (non-hydrogen) atoms. The van der Waals surface area contributed by atoms with E-state index in [0.29, 0.717) is 44.8 Å². The molecule has 3 rings (SSSR count). The summed E-state index contributed by atoms with van der Waals surface area (Å²) in [5.74, 6) is 0.0498. The maximum Gasteiger partial charge on any atom is 0.324 e. The molecule has 0 bridgehead atoms. The number of nitrogens with one attached hydrogen (secondary N) is 1. The Kier molecular flexibility index (Phi) is 7.10. The van der Waals surface area contributed by atoms with Crippen LogP contribution in [0.15, 0.2) is 18.2 Å². The van der Waals surface area contributed by atoms with Gasteiger partial charge in [0.2, 0.25) is 5.91 Å². The predicted octanol–water partition coefficient (Wildman–Crippen LogP) is 2.29. The van der Waals surface area contributed by atoms with E-state index in [1.807, 2.05) is 0 Å². The molecule has 1 heterocycles. The number of benzene rings is 1. The Bertz CT molecular complexity index is 854. The number of imide groups is 1. The van der Waals surface area contributed by atoms with Crippen molar-refractivity contribution in [2.75, 3.05) is 31.2 Å². The minimum Gasteiger partial charge on any atom is -0.490 e. The van der Waals surface area contributed by atoms with Crippen LogP contribution in [0.3, 0.4) is 0 Å². The van der Waals surface area contributed by atoms with Crippen LogP contribution in [0.25, 0.3) is 0 Å². The second kappa shape index (κ2) is 9.56. The van der Waals surface area contributed by atoms with E-state index in [-0.39, 0.29) is 35.7 Å². The van der Waals surface area contributed by atoms with Crippen LogP contribution in [-0.2, 0) is 21.1 Å². The first-order valence-electron chi connectivity index (χ1n) is 10.0. The minimum absolute atomic E-state index is 0.00370. The zero-order valence-electron chi connectivity index (χ0n) is 16.4. The molecule has 0 atom stereocenters.